The molecule has 2 heterocycles. The third-order valence-electron chi connectivity index (χ3n) is 2.17. The monoisotopic (exact) mass is 238 g/mol. The standard InChI is InChI=1S/C10H11ClN4O/c1-2-15-6-7(5-12-15)8-3-10(16)14-9(4-11)13-8/h3,5-6H,2,4H2,1H3,(H,13,14,16). The van der Waals surface area contributed by atoms with Crippen LogP contribution in [0.15, 0.2) is 23.3 Å². The molecule has 0 bridgehead atoms. The molecule has 0 atom stereocenters. The van der Waals surface area contributed by atoms with Gasteiger partial charge in [0.25, 0.3) is 5.56 Å². The Balaban J connectivity index is 2.46. The lowest BCUT2D eigenvalue weighted by Gasteiger charge is -1.98. The van der Waals surface area contributed by atoms with E-state index in [1.807, 2.05) is 13.1 Å². The van der Waals surface area contributed by atoms with E-state index in [2.05, 4.69) is 15.1 Å². The van der Waals surface area contributed by atoms with E-state index in [0.717, 1.165) is 12.1 Å². The summed E-state index contributed by atoms with van der Waals surface area (Å²) >= 11 is 5.64. The van der Waals surface area contributed by atoms with Crippen molar-refractivity contribution in [1.82, 2.24) is 19.7 Å². The molecule has 2 rings (SSSR count). The number of nitrogens with one attached hydrogen (secondary N) is 1. The van der Waals surface area contributed by atoms with Gasteiger partial charge < -0.3 is 4.98 Å². The van der Waals surface area contributed by atoms with E-state index in [9.17, 15) is 4.79 Å². The van der Waals surface area contributed by atoms with Crippen molar-refractivity contribution in [3.05, 3.63) is 34.6 Å². The smallest absolute Gasteiger partial charge is 0.251 e. The molecule has 0 saturated carbocycles. The van der Waals surface area contributed by atoms with Crippen molar-refractivity contribution in [2.45, 2.75) is 19.3 Å². The molecule has 0 aliphatic rings. The van der Waals surface area contributed by atoms with Crippen molar-refractivity contribution in [3.8, 4) is 11.3 Å². The van der Waals surface area contributed by atoms with Gasteiger partial charge in [-0.2, -0.15) is 5.10 Å². The second-order valence-corrected chi connectivity index (χ2v) is 3.56. The zero-order chi connectivity index (χ0) is 11.5. The van der Waals surface area contributed by atoms with Gasteiger partial charge >= 0.3 is 0 Å². The van der Waals surface area contributed by atoms with Crippen molar-refractivity contribution >= 4 is 11.6 Å². The molecular weight excluding hydrogens is 228 g/mol. The van der Waals surface area contributed by atoms with Gasteiger partial charge in [0, 0.05) is 24.4 Å². The molecule has 0 radical (unpaired) electrons. The SMILES string of the molecule is CCn1cc(-c2cc(=O)[nH]c(CCl)n2)cn1. The van der Waals surface area contributed by atoms with Gasteiger partial charge in [0.1, 0.15) is 5.82 Å². The molecule has 2 aromatic heterocycles. The summed E-state index contributed by atoms with van der Waals surface area (Å²) in [5.41, 5.74) is 1.21. The summed E-state index contributed by atoms with van der Waals surface area (Å²) in [5, 5.41) is 4.13. The van der Waals surface area contributed by atoms with Gasteiger partial charge in [-0.15, -0.1) is 11.6 Å². The summed E-state index contributed by atoms with van der Waals surface area (Å²) < 4.78 is 1.78. The van der Waals surface area contributed by atoms with Crippen LogP contribution in [0.4, 0.5) is 0 Å². The first-order chi connectivity index (χ1) is 7.72. The Morgan fingerprint density at radius 3 is 3.00 bits per heavy atom. The van der Waals surface area contributed by atoms with Crippen LogP contribution >= 0.6 is 11.6 Å². The minimum Gasteiger partial charge on any atom is -0.310 e. The molecule has 2 aromatic rings. The number of aryl methyl sites for hydroxylation is 1. The maximum Gasteiger partial charge on any atom is 0.251 e. The number of nitrogens with zero attached hydrogens (tertiary/aromatic N) is 3. The van der Waals surface area contributed by atoms with Crippen LogP contribution in [-0.4, -0.2) is 19.7 Å². The largest absolute Gasteiger partial charge is 0.310 e. The lowest BCUT2D eigenvalue weighted by Crippen LogP contribution is -2.09. The second kappa shape index (κ2) is 4.49. The first-order valence-corrected chi connectivity index (χ1v) is 5.45. The molecule has 0 amide bonds. The maximum absolute atomic E-state index is 11.3. The van der Waals surface area contributed by atoms with Gasteiger partial charge in [-0.1, -0.05) is 0 Å². The third kappa shape index (κ3) is 2.14. The van der Waals surface area contributed by atoms with E-state index in [1.165, 1.54) is 6.07 Å². The second-order valence-electron chi connectivity index (χ2n) is 3.30. The predicted molar refractivity (Wildman–Crippen MR) is 61.3 cm³/mol. The van der Waals surface area contributed by atoms with E-state index in [4.69, 9.17) is 11.6 Å². The van der Waals surface area contributed by atoms with Gasteiger partial charge in [0.05, 0.1) is 17.8 Å². The first-order valence-electron chi connectivity index (χ1n) is 4.92. The van der Waals surface area contributed by atoms with Gasteiger partial charge in [-0.25, -0.2) is 4.98 Å². The van der Waals surface area contributed by atoms with Crippen LogP contribution in [0.5, 0.6) is 0 Å². The third-order valence-corrected chi connectivity index (χ3v) is 2.42. The Morgan fingerprint density at radius 1 is 1.56 bits per heavy atom. The maximum atomic E-state index is 11.3. The minimum absolute atomic E-state index is 0.186. The lowest BCUT2D eigenvalue weighted by molar-refractivity contribution is 0.660. The fourth-order valence-electron chi connectivity index (χ4n) is 1.39. The molecular formula is C10H11ClN4O. The molecule has 0 fully saturated rings. The number of hydrogen-bond donors (Lipinski definition) is 1. The average molecular weight is 239 g/mol. The molecule has 0 aromatic carbocycles. The lowest BCUT2D eigenvalue weighted by atomic mass is 10.2. The van der Waals surface area contributed by atoms with Crippen molar-refractivity contribution in [3.63, 3.8) is 0 Å². The van der Waals surface area contributed by atoms with Gasteiger partial charge in [-0.05, 0) is 6.92 Å². The highest BCUT2D eigenvalue weighted by atomic mass is 35.5. The Labute approximate surface area is 97.1 Å². The van der Waals surface area contributed by atoms with Gasteiger partial charge in [0.15, 0.2) is 0 Å². The van der Waals surface area contributed by atoms with E-state index >= 15 is 0 Å². The van der Waals surface area contributed by atoms with Crippen LogP contribution in [0.1, 0.15) is 12.7 Å². The molecule has 6 heteroatoms. The predicted octanol–water partition coefficient (Wildman–Crippen LogP) is 1.39. The number of aromatic amines is 1. The molecule has 0 unspecified atom stereocenters. The molecule has 1 N–H and O–H groups in total. The van der Waals surface area contributed by atoms with Crippen LogP contribution in [0.2, 0.25) is 0 Å². The van der Waals surface area contributed by atoms with Gasteiger partial charge in [0.2, 0.25) is 0 Å². The van der Waals surface area contributed by atoms with Crippen LogP contribution in [0.25, 0.3) is 11.3 Å². The Bertz CT molecular complexity index is 546. The normalized spacial score (nSPS) is 10.6. The molecule has 0 aliphatic heterocycles. The zero-order valence-corrected chi connectivity index (χ0v) is 9.53. The zero-order valence-electron chi connectivity index (χ0n) is 8.77. The average Bonchev–Trinajstić information content (AvgIpc) is 2.76. The van der Waals surface area contributed by atoms with E-state index < -0.39 is 0 Å². The molecule has 84 valence electrons. The number of aromatic nitrogens is 4. The first kappa shape index (κ1) is 10.9. The van der Waals surface area contributed by atoms with Crippen LogP contribution in [0, 0.1) is 0 Å². The number of hydrogen-bond acceptors (Lipinski definition) is 3. The van der Waals surface area contributed by atoms with Gasteiger partial charge in [-0.3, -0.25) is 9.48 Å². The number of halogens is 1. The molecule has 0 spiro atoms. The Hall–Kier alpha value is -1.62. The fraction of sp³-hybridized carbons (Fsp3) is 0.300. The van der Waals surface area contributed by atoms with Crippen LogP contribution < -0.4 is 5.56 Å². The summed E-state index contributed by atoms with van der Waals surface area (Å²) in [6.45, 7) is 2.78. The summed E-state index contributed by atoms with van der Waals surface area (Å²) in [7, 11) is 0. The molecule has 5 nitrogen and oxygen atoms in total. The summed E-state index contributed by atoms with van der Waals surface area (Å²) in [6, 6.07) is 1.44. The quantitative estimate of drug-likeness (QED) is 0.822. The summed E-state index contributed by atoms with van der Waals surface area (Å²) in [5.74, 6) is 0.652. The minimum atomic E-state index is -0.204. The highest BCUT2D eigenvalue weighted by molar-refractivity contribution is 6.16. The topological polar surface area (TPSA) is 63.6 Å². The van der Waals surface area contributed by atoms with Crippen molar-refractivity contribution < 1.29 is 0 Å². The molecule has 0 aliphatic carbocycles. The van der Waals surface area contributed by atoms with Crippen molar-refractivity contribution in [2.24, 2.45) is 0 Å². The van der Waals surface area contributed by atoms with Crippen molar-refractivity contribution in [1.29, 1.82) is 0 Å². The Kier molecular flexibility index (Phi) is 3.05. The van der Waals surface area contributed by atoms with E-state index in [1.54, 1.807) is 10.9 Å². The highest BCUT2D eigenvalue weighted by Gasteiger charge is 2.05. The van der Waals surface area contributed by atoms with Crippen molar-refractivity contribution in [2.75, 3.05) is 0 Å². The molecule has 16 heavy (non-hydrogen) atoms. The Morgan fingerprint density at radius 2 is 2.38 bits per heavy atom. The summed E-state index contributed by atoms with van der Waals surface area (Å²) in [6.07, 6.45) is 3.53. The number of rotatable bonds is 3. The van der Waals surface area contributed by atoms with Crippen LogP contribution in [-0.2, 0) is 12.4 Å². The van der Waals surface area contributed by atoms with E-state index in [0.29, 0.717) is 11.5 Å². The van der Waals surface area contributed by atoms with Crippen LogP contribution in [0.3, 0.4) is 0 Å². The number of alkyl halides is 1. The molecule has 0 saturated heterocycles. The van der Waals surface area contributed by atoms with E-state index in [-0.39, 0.29) is 11.4 Å². The summed E-state index contributed by atoms with van der Waals surface area (Å²) in [4.78, 5) is 18.1. The highest BCUT2D eigenvalue weighted by Crippen LogP contribution is 2.14. The number of H-pyrrole nitrogens is 1. The fourth-order valence-corrected chi connectivity index (χ4v) is 1.51.